The fourth-order valence-electron chi connectivity index (χ4n) is 1.44. The van der Waals surface area contributed by atoms with Crippen molar-refractivity contribution in [1.82, 2.24) is 0 Å². The Kier molecular flexibility index (Phi) is 4.26. The predicted molar refractivity (Wildman–Crippen MR) is 66.0 cm³/mol. The molecular formula is C14H14Te. The molecule has 15 heavy (non-hydrogen) atoms. The molecule has 2 aromatic rings. The third kappa shape index (κ3) is 3.70. The van der Waals surface area contributed by atoms with E-state index in [1.54, 1.807) is 0 Å². The van der Waals surface area contributed by atoms with Crippen molar-refractivity contribution in [2.24, 2.45) is 0 Å². The Morgan fingerprint density at radius 3 is 1.40 bits per heavy atom. The van der Waals surface area contributed by atoms with Crippen molar-refractivity contribution < 1.29 is 0 Å². The molecule has 0 amide bonds. The zero-order valence-corrected chi connectivity index (χ0v) is 10.9. The van der Waals surface area contributed by atoms with Crippen LogP contribution in [0.3, 0.4) is 0 Å². The summed E-state index contributed by atoms with van der Waals surface area (Å²) in [5.74, 6) is 0. The number of rotatable bonds is 4. The van der Waals surface area contributed by atoms with Crippen molar-refractivity contribution >= 4 is 20.9 Å². The van der Waals surface area contributed by atoms with E-state index in [0.717, 1.165) is 0 Å². The van der Waals surface area contributed by atoms with Gasteiger partial charge in [0, 0.05) is 0 Å². The fraction of sp³-hybridized carbons (Fsp3) is 0.143. The van der Waals surface area contributed by atoms with Gasteiger partial charge in [0.25, 0.3) is 0 Å². The van der Waals surface area contributed by atoms with E-state index in [0.29, 0.717) is 0 Å². The van der Waals surface area contributed by atoms with Crippen LogP contribution in [0.1, 0.15) is 11.1 Å². The van der Waals surface area contributed by atoms with Gasteiger partial charge in [0.2, 0.25) is 0 Å². The molecule has 0 nitrogen and oxygen atoms in total. The van der Waals surface area contributed by atoms with Gasteiger partial charge in [0.15, 0.2) is 0 Å². The Morgan fingerprint density at radius 1 is 0.600 bits per heavy atom. The van der Waals surface area contributed by atoms with Crippen LogP contribution in [-0.2, 0) is 8.94 Å². The Hall–Kier alpha value is -0.770. The van der Waals surface area contributed by atoms with Crippen molar-refractivity contribution in [2.75, 3.05) is 0 Å². The standard InChI is InChI=1S/C14H14Te/c1-3-7-13(8-4-1)11-15-12-14-9-5-2-6-10-14/h1-10H,11-12H2. The van der Waals surface area contributed by atoms with E-state index < -0.39 is 0 Å². The van der Waals surface area contributed by atoms with Crippen molar-refractivity contribution in [1.29, 1.82) is 0 Å². The zero-order chi connectivity index (χ0) is 10.3. The summed E-state index contributed by atoms with van der Waals surface area (Å²) >= 11 is 0.0925. The van der Waals surface area contributed by atoms with Gasteiger partial charge >= 0.3 is 102 Å². The van der Waals surface area contributed by atoms with Gasteiger partial charge in [-0.3, -0.25) is 0 Å². The van der Waals surface area contributed by atoms with Gasteiger partial charge in [0.05, 0.1) is 0 Å². The van der Waals surface area contributed by atoms with Crippen LogP contribution in [0.4, 0.5) is 0 Å². The van der Waals surface area contributed by atoms with E-state index in [9.17, 15) is 0 Å². The molecule has 0 saturated heterocycles. The molecule has 0 aromatic heterocycles. The Morgan fingerprint density at radius 2 is 1.00 bits per heavy atom. The van der Waals surface area contributed by atoms with Crippen molar-refractivity contribution in [3.8, 4) is 0 Å². The van der Waals surface area contributed by atoms with Crippen molar-refractivity contribution in [2.45, 2.75) is 8.94 Å². The minimum absolute atomic E-state index is 0.0925. The molecule has 2 rings (SSSR count). The predicted octanol–water partition coefficient (Wildman–Crippen LogP) is 3.09. The Bertz CT molecular complexity index is 341. The average Bonchev–Trinajstić information content (AvgIpc) is 2.32. The summed E-state index contributed by atoms with van der Waals surface area (Å²) in [5.41, 5.74) is 2.99. The van der Waals surface area contributed by atoms with E-state index in [1.165, 1.54) is 20.1 Å². The first-order chi connectivity index (χ1) is 7.45. The van der Waals surface area contributed by atoms with Crippen LogP contribution < -0.4 is 0 Å². The summed E-state index contributed by atoms with van der Waals surface area (Å²) in [6.45, 7) is 0. The summed E-state index contributed by atoms with van der Waals surface area (Å²) in [6, 6.07) is 21.6. The summed E-state index contributed by atoms with van der Waals surface area (Å²) in [4.78, 5) is 0. The van der Waals surface area contributed by atoms with E-state index in [1.807, 2.05) is 0 Å². The van der Waals surface area contributed by atoms with Crippen LogP contribution in [0, 0.1) is 0 Å². The second kappa shape index (κ2) is 5.95. The van der Waals surface area contributed by atoms with E-state index in [-0.39, 0.29) is 20.9 Å². The molecule has 0 fully saturated rings. The van der Waals surface area contributed by atoms with Crippen LogP contribution >= 0.6 is 0 Å². The third-order valence-electron chi connectivity index (χ3n) is 2.22. The molecule has 0 saturated carbocycles. The molecule has 0 radical (unpaired) electrons. The van der Waals surface area contributed by atoms with Crippen LogP contribution in [0.15, 0.2) is 60.7 Å². The molecule has 76 valence electrons. The molecule has 0 atom stereocenters. The van der Waals surface area contributed by atoms with Gasteiger partial charge in [-0.15, -0.1) is 0 Å². The molecule has 2 aromatic carbocycles. The average molecular weight is 310 g/mol. The molecule has 0 aliphatic rings. The first-order valence-corrected chi connectivity index (χ1v) is 8.40. The molecule has 0 N–H and O–H groups in total. The van der Waals surface area contributed by atoms with Gasteiger partial charge in [-0.05, 0) is 0 Å². The number of hydrogen-bond donors (Lipinski definition) is 0. The number of hydrogen-bond acceptors (Lipinski definition) is 0. The third-order valence-corrected chi connectivity index (χ3v) is 5.29. The van der Waals surface area contributed by atoms with Gasteiger partial charge in [-0.2, -0.15) is 0 Å². The summed E-state index contributed by atoms with van der Waals surface area (Å²) in [5, 5.41) is 0. The van der Waals surface area contributed by atoms with E-state index >= 15 is 0 Å². The summed E-state index contributed by atoms with van der Waals surface area (Å²) in [7, 11) is 0. The molecular weight excluding hydrogens is 296 g/mol. The van der Waals surface area contributed by atoms with Gasteiger partial charge in [-0.25, -0.2) is 0 Å². The zero-order valence-electron chi connectivity index (χ0n) is 8.60. The van der Waals surface area contributed by atoms with Gasteiger partial charge < -0.3 is 0 Å². The quantitative estimate of drug-likeness (QED) is 0.761. The second-order valence-electron chi connectivity index (χ2n) is 3.46. The van der Waals surface area contributed by atoms with Crippen molar-refractivity contribution in [3.05, 3.63) is 71.8 Å². The summed E-state index contributed by atoms with van der Waals surface area (Å²) in [6.07, 6.45) is 0. The Labute approximate surface area is 101 Å². The fourth-order valence-corrected chi connectivity index (χ4v) is 4.17. The normalized spacial score (nSPS) is 10.1. The first-order valence-electron chi connectivity index (χ1n) is 5.11. The van der Waals surface area contributed by atoms with E-state index in [4.69, 9.17) is 0 Å². The number of benzene rings is 2. The summed E-state index contributed by atoms with van der Waals surface area (Å²) < 4.78 is 2.61. The minimum atomic E-state index is 0.0925. The van der Waals surface area contributed by atoms with Crippen LogP contribution in [-0.4, -0.2) is 20.9 Å². The second-order valence-corrected chi connectivity index (χ2v) is 6.28. The van der Waals surface area contributed by atoms with E-state index in [2.05, 4.69) is 60.7 Å². The van der Waals surface area contributed by atoms with Gasteiger partial charge in [-0.1, -0.05) is 0 Å². The van der Waals surface area contributed by atoms with Crippen LogP contribution in [0.2, 0.25) is 0 Å². The van der Waals surface area contributed by atoms with Gasteiger partial charge in [0.1, 0.15) is 0 Å². The van der Waals surface area contributed by atoms with Crippen molar-refractivity contribution in [3.63, 3.8) is 0 Å². The molecule has 0 spiro atoms. The topological polar surface area (TPSA) is 0 Å². The SMILES string of the molecule is c1ccc(C[Te]Cc2ccccc2)cc1. The first kappa shape index (κ1) is 10.7. The molecule has 1 heteroatoms. The monoisotopic (exact) mass is 312 g/mol. The molecule has 0 bridgehead atoms. The Balaban J connectivity index is 1.81. The molecule has 0 heterocycles. The maximum atomic E-state index is 2.23. The molecule has 0 aliphatic heterocycles. The maximum absolute atomic E-state index is 2.23. The molecule has 0 unspecified atom stereocenters. The molecule has 0 aliphatic carbocycles. The van der Waals surface area contributed by atoms with Crippen LogP contribution in [0.5, 0.6) is 0 Å². The van der Waals surface area contributed by atoms with Crippen LogP contribution in [0.25, 0.3) is 0 Å².